The Bertz CT molecular complexity index is 1570. The summed E-state index contributed by atoms with van der Waals surface area (Å²) in [6.45, 7) is 0. The number of hydrogen-bond donors (Lipinski definition) is 0. The molecule has 0 unspecified atom stereocenters. The molecule has 0 aliphatic heterocycles. The van der Waals surface area contributed by atoms with Crippen molar-refractivity contribution in [3.63, 3.8) is 0 Å². The van der Waals surface area contributed by atoms with E-state index in [0.29, 0.717) is 16.4 Å². The van der Waals surface area contributed by atoms with Gasteiger partial charge in [0, 0.05) is 21.9 Å². The highest BCUT2D eigenvalue weighted by Gasteiger charge is 2.13. The molecule has 0 fully saturated rings. The number of hydrogen-bond acceptors (Lipinski definition) is 4. The highest BCUT2D eigenvalue weighted by Crippen LogP contribution is 2.32. The van der Waals surface area contributed by atoms with Gasteiger partial charge in [-0.3, -0.25) is 0 Å². The topological polar surface area (TPSA) is 51.8 Å². The van der Waals surface area contributed by atoms with Crippen molar-refractivity contribution in [2.45, 2.75) is 0 Å². The van der Waals surface area contributed by atoms with Crippen molar-refractivity contribution >= 4 is 48.6 Å². The van der Waals surface area contributed by atoms with Gasteiger partial charge in [-0.15, -0.1) is 0 Å². The van der Waals surface area contributed by atoms with E-state index in [9.17, 15) is 0 Å². The monoisotopic (exact) mass is 451 g/mol. The van der Waals surface area contributed by atoms with Crippen LogP contribution < -0.4 is 0 Å². The fourth-order valence-corrected chi connectivity index (χ4v) is 4.14. The van der Waals surface area contributed by atoms with Crippen molar-refractivity contribution in [2.24, 2.45) is 0 Å². The van der Waals surface area contributed by atoms with Crippen LogP contribution in [0.4, 0.5) is 0 Å². The van der Waals surface area contributed by atoms with Crippen LogP contribution in [0.15, 0.2) is 94.1 Å². The zero-order chi connectivity index (χ0) is 20.1. The fraction of sp³-hybridized carbons (Fsp3) is 0. The Morgan fingerprint density at radius 3 is 2.10 bits per heavy atom. The van der Waals surface area contributed by atoms with Gasteiger partial charge in [0.15, 0.2) is 11.6 Å². The number of rotatable bonds is 2. The van der Waals surface area contributed by atoms with E-state index in [1.807, 2.05) is 48.5 Å². The summed E-state index contributed by atoms with van der Waals surface area (Å²) in [5.74, 6) is 1.23. The van der Waals surface area contributed by atoms with Gasteiger partial charge in [0.2, 0.25) is 4.73 Å². The van der Waals surface area contributed by atoms with Gasteiger partial charge in [0.05, 0.1) is 0 Å². The SMILES string of the molecule is Brc1nc(-c2ccc3ccccc3c2)nc(-c2ccc3c(c2)oc2ccccc23)n1. The number of halogens is 1. The van der Waals surface area contributed by atoms with E-state index in [0.717, 1.165) is 38.5 Å². The first kappa shape index (κ1) is 17.3. The smallest absolute Gasteiger partial charge is 0.200 e. The molecule has 6 rings (SSSR count). The summed E-state index contributed by atoms with van der Waals surface area (Å²) in [5.41, 5.74) is 3.52. The summed E-state index contributed by atoms with van der Waals surface area (Å²) in [6, 6.07) is 28.6. The van der Waals surface area contributed by atoms with Gasteiger partial charge in [-0.1, -0.05) is 60.7 Å². The first-order valence-corrected chi connectivity index (χ1v) is 10.4. The van der Waals surface area contributed by atoms with Gasteiger partial charge < -0.3 is 4.42 Å². The second kappa shape index (κ2) is 6.75. The van der Waals surface area contributed by atoms with Crippen LogP contribution in [0.5, 0.6) is 0 Å². The van der Waals surface area contributed by atoms with Gasteiger partial charge in [-0.25, -0.2) is 15.0 Å². The van der Waals surface area contributed by atoms with Crippen LogP contribution in [0.1, 0.15) is 0 Å². The number of aromatic nitrogens is 3. The zero-order valence-electron chi connectivity index (χ0n) is 15.7. The molecule has 0 saturated heterocycles. The molecule has 0 aliphatic carbocycles. The number of furan rings is 1. The van der Waals surface area contributed by atoms with E-state index < -0.39 is 0 Å². The minimum atomic E-state index is 0.500. The Morgan fingerprint density at radius 2 is 1.23 bits per heavy atom. The summed E-state index contributed by atoms with van der Waals surface area (Å²) < 4.78 is 6.53. The Balaban J connectivity index is 1.49. The van der Waals surface area contributed by atoms with E-state index in [2.05, 4.69) is 62.3 Å². The lowest BCUT2D eigenvalue weighted by molar-refractivity contribution is 0.669. The summed E-state index contributed by atoms with van der Waals surface area (Å²) >= 11 is 3.45. The maximum absolute atomic E-state index is 6.02. The van der Waals surface area contributed by atoms with E-state index in [1.54, 1.807) is 0 Å². The average molecular weight is 452 g/mol. The van der Waals surface area contributed by atoms with Gasteiger partial charge in [-0.2, -0.15) is 0 Å². The Morgan fingerprint density at radius 1 is 0.567 bits per heavy atom. The van der Waals surface area contributed by atoms with Crippen LogP contribution in [0, 0.1) is 0 Å². The predicted molar refractivity (Wildman–Crippen MR) is 123 cm³/mol. The Kier molecular flexibility index (Phi) is 3.89. The molecule has 0 spiro atoms. The third-order valence-electron chi connectivity index (χ3n) is 5.25. The van der Waals surface area contributed by atoms with Gasteiger partial charge in [0.25, 0.3) is 0 Å². The van der Waals surface area contributed by atoms with Crippen LogP contribution in [0.25, 0.3) is 55.5 Å². The fourth-order valence-electron chi connectivity index (χ4n) is 3.80. The molecule has 142 valence electrons. The lowest BCUT2D eigenvalue weighted by Gasteiger charge is -2.06. The first-order valence-electron chi connectivity index (χ1n) is 9.57. The number of para-hydroxylation sites is 1. The minimum absolute atomic E-state index is 0.500. The van der Waals surface area contributed by atoms with Gasteiger partial charge >= 0.3 is 0 Å². The maximum Gasteiger partial charge on any atom is 0.200 e. The van der Waals surface area contributed by atoms with Crippen molar-refractivity contribution in [3.05, 3.63) is 89.7 Å². The van der Waals surface area contributed by atoms with Crippen LogP contribution >= 0.6 is 15.9 Å². The van der Waals surface area contributed by atoms with Crippen LogP contribution in [0.2, 0.25) is 0 Å². The molecular weight excluding hydrogens is 438 g/mol. The molecule has 0 N–H and O–H groups in total. The minimum Gasteiger partial charge on any atom is -0.456 e. The molecule has 0 saturated carbocycles. The zero-order valence-corrected chi connectivity index (χ0v) is 17.3. The quantitative estimate of drug-likeness (QED) is 0.283. The van der Waals surface area contributed by atoms with Crippen molar-refractivity contribution in [3.8, 4) is 22.8 Å². The second-order valence-corrected chi connectivity index (χ2v) is 7.83. The molecule has 0 aliphatic rings. The van der Waals surface area contributed by atoms with E-state index in [-0.39, 0.29) is 0 Å². The summed E-state index contributed by atoms with van der Waals surface area (Å²) in [5, 5.41) is 4.52. The molecule has 6 aromatic rings. The molecule has 30 heavy (non-hydrogen) atoms. The summed E-state index contributed by atoms with van der Waals surface area (Å²) in [7, 11) is 0. The van der Waals surface area contributed by atoms with Crippen molar-refractivity contribution in [2.75, 3.05) is 0 Å². The van der Waals surface area contributed by atoms with E-state index in [1.165, 1.54) is 5.39 Å². The molecule has 5 heteroatoms. The highest BCUT2D eigenvalue weighted by atomic mass is 79.9. The molecular formula is C25H14BrN3O. The molecule has 0 amide bonds. The van der Waals surface area contributed by atoms with Crippen molar-refractivity contribution in [1.82, 2.24) is 15.0 Å². The van der Waals surface area contributed by atoms with Crippen LogP contribution in [-0.4, -0.2) is 15.0 Å². The second-order valence-electron chi connectivity index (χ2n) is 7.12. The van der Waals surface area contributed by atoms with Gasteiger partial charge in [0.1, 0.15) is 11.2 Å². The van der Waals surface area contributed by atoms with E-state index >= 15 is 0 Å². The molecule has 4 nitrogen and oxygen atoms in total. The molecule has 2 aromatic heterocycles. The lowest BCUT2D eigenvalue weighted by atomic mass is 10.1. The normalized spacial score (nSPS) is 11.5. The van der Waals surface area contributed by atoms with Crippen LogP contribution in [-0.2, 0) is 0 Å². The van der Waals surface area contributed by atoms with Crippen LogP contribution in [0.3, 0.4) is 0 Å². The standard InChI is InChI=1S/C25H14BrN3O/c26-25-28-23(17-10-9-15-5-1-2-6-16(15)13-17)27-24(29-25)18-11-12-20-19-7-3-4-8-21(19)30-22(20)14-18/h1-14H. The van der Waals surface area contributed by atoms with E-state index in [4.69, 9.17) is 9.40 Å². The highest BCUT2D eigenvalue weighted by molar-refractivity contribution is 9.10. The molecule has 4 aromatic carbocycles. The number of fused-ring (bicyclic) bond motifs is 4. The molecule has 0 radical (unpaired) electrons. The summed E-state index contributed by atoms with van der Waals surface area (Å²) in [6.07, 6.45) is 0. The third-order valence-corrected chi connectivity index (χ3v) is 5.61. The number of nitrogens with zero attached hydrogens (tertiary/aromatic N) is 3. The molecule has 0 atom stereocenters. The van der Waals surface area contributed by atoms with Gasteiger partial charge in [-0.05, 0) is 51.0 Å². The summed E-state index contributed by atoms with van der Waals surface area (Å²) in [4.78, 5) is 13.8. The molecule has 2 heterocycles. The first-order chi connectivity index (χ1) is 14.7. The largest absolute Gasteiger partial charge is 0.456 e. The third kappa shape index (κ3) is 2.86. The lowest BCUT2D eigenvalue weighted by Crippen LogP contribution is -1.97. The number of benzene rings is 4. The molecule has 0 bridgehead atoms. The Labute approximate surface area is 180 Å². The predicted octanol–water partition coefficient (Wildman–Crippen LogP) is 7.02. The average Bonchev–Trinajstić information content (AvgIpc) is 3.16. The van der Waals surface area contributed by atoms with Crippen molar-refractivity contribution in [1.29, 1.82) is 0 Å². The Hall–Kier alpha value is -3.57. The van der Waals surface area contributed by atoms with Crippen molar-refractivity contribution < 1.29 is 4.42 Å². The maximum atomic E-state index is 6.02.